The second-order valence-corrected chi connectivity index (χ2v) is 21.9. The third-order valence-corrected chi connectivity index (χ3v) is 10.9. The van der Waals surface area contributed by atoms with Gasteiger partial charge in [-0.25, -0.2) is 18.4 Å². The van der Waals surface area contributed by atoms with Gasteiger partial charge >= 0.3 is 24.2 Å². The van der Waals surface area contributed by atoms with Crippen molar-refractivity contribution < 1.29 is 56.1 Å². The van der Waals surface area contributed by atoms with Gasteiger partial charge in [-0.1, -0.05) is 70.7 Å². The third kappa shape index (κ3) is 16.4. The number of hydrogen-bond acceptors (Lipinski definition) is 7. The Labute approximate surface area is 328 Å². The Kier molecular flexibility index (Phi) is 18.1. The van der Waals surface area contributed by atoms with E-state index in [1.807, 2.05) is 55.7 Å². The Morgan fingerprint density at radius 3 is 2.18 bits per heavy atom. The highest BCUT2D eigenvalue weighted by Crippen LogP contribution is 2.41. The molecule has 310 valence electrons. The Bertz CT molecular complexity index is 1770. The van der Waals surface area contributed by atoms with Crippen LogP contribution in [0.5, 0.6) is 0 Å². The first-order valence-corrected chi connectivity index (χ1v) is 22.5. The molecule has 0 aliphatic rings. The molecule has 0 fully saturated rings. The van der Waals surface area contributed by atoms with E-state index in [-0.39, 0.29) is 36.1 Å². The summed E-state index contributed by atoms with van der Waals surface area (Å²) in [4.78, 5) is 48.4. The van der Waals surface area contributed by atoms with Gasteiger partial charge in [-0.15, -0.1) is 11.8 Å². The second-order valence-electron chi connectivity index (χ2n) is 15.2. The maximum Gasteiger partial charge on any atom is 0.490 e. The lowest BCUT2D eigenvalue weighted by Crippen LogP contribution is -2.44. The SMILES string of the molecule is CC(C)(C)C(c1cc(-c2cc(F)ccc2F)cn1Cc1ccccc1)N(CCCNC(=O)OCC[Si](C)(C)C)C(=O)CSCC(N)C(=O)O.O=C(O)C(F)(F)F. The van der Waals surface area contributed by atoms with Crippen molar-refractivity contribution in [1.29, 1.82) is 0 Å². The molecule has 18 heteroatoms. The molecule has 1 heterocycles. The quantitative estimate of drug-likeness (QED) is 0.0609. The standard InChI is InChI=1S/C36H50F2N4O5SSi.C2HF3O2/c1-36(2,3)33(31-19-26(28-20-27(37)13-14-29(28)38)22-41(31)21-25-11-8-7-9-12-25)42(32(43)24-48-23-30(39)34(44)45)16-10-15-40-35(46)47-17-18-49(4,5)6;3-2(4,5)1(6)7/h7-9,11-14,19-20,22,30,33H,10,15-18,21,23-24,39H2,1-6H3,(H,40,46)(H,44,45);(H,6,7). The smallest absolute Gasteiger partial charge is 0.480 e. The number of alkyl halides is 3. The largest absolute Gasteiger partial charge is 0.490 e. The highest BCUT2D eigenvalue weighted by atomic mass is 32.2. The van der Waals surface area contributed by atoms with Crippen LogP contribution in [0.25, 0.3) is 11.1 Å². The van der Waals surface area contributed by atoms with Crippen LogP contribution in [-0.2, 0) is 25.7 Å². The van der Waals surface area contributed by atoms with Crippen molar-refractivity contribution in [2.45, 2.75) is 77.7 Å². The van der Waals surface area contributed by atoms with E-state index in [4.69, 9.17) is 20.4 Å². The van der Waals surface area contributed by atoms with Gasteiger partial charge in [-0.05, 0) is 47.7 Å². The highest BCUT2D eigenvalue weighted by molar-refractivity contribution is 8.00. The number of aromatic nitrogens is 1. The van der Waals surface area contributed by atoms with E-state index in [9.17, 15) is 37.1 Å². The number of carboxylic acid groups (broad SMARTS) is 2. The molecule has 0 aliphatic carbocycles. The summed E-state index contributed by atoms with van der Waals surface area (Å²) in [7, 11) is -1.37. The Morgan fingerprint density at radius 2 is 1.62 bits per heavy atom. The number of carbonyl (C=O) groups excluding carboxylic acids is 2. The topological polar surface area (TPSA) is 164 Å². The molecule has 0 spiro atoms. The molecule has 2 aromatic carbocycles. The van der Waals surface area contributed by atoms with Crippen LogP contribution in [0.15, 0.2) is 60.8 Å². The van der Waals surface area contributed by atoms with Crippen molar-refractivity contribution in [2.75, 3.05) is 31.2 Å². The Balaban J connectivity index is 0.00000141. The van der Waals surface area contributed by atoms with E-state index in [1.165, 1.54) is 0 Å². The second kappa shape index (κ2) is 21.2. The number of thioether (sulfide) groups is 1. The van der Waals surface area contributed by atoms with Gasteiger partial charge in [0.05, 0.1) is 18.4 Å². The molecule has 3 aromatic rings. The van der Waals surface area contributed by atoms with Crippen molar-refractivity contribution in [3.8, 4) is 11.1 Å². The number of ether oxygens (including phenoxy) is 1. The normalized spacial score (nSPS) is 12.9. The van der Waals surface area contributed by atoms with Gasteiger partial charge in [0.2, 0.25) is 5.91 Å². The van der Waals surface area contributed by atoms with Crippen molar-refractivity contribution in [3.63, 3.8) is 0 Å². The number of nitrogens with zero attached hydrogens (tertiary/aromatic N) is 2. The highest BCUT2D eigenvalue weighted by Gasteiger charge is 2.39. The van der Waals surface area contributed by atoms with Crippen molar-refractivity contribution in [3.05, 3.63) is 83.7 Å². The lowest BCUT2D eigenvalue weighted by Gasteiger charge is -2.41. The predicted octanol–water partition coefficient (Wildman–Crippen LogP) is 7.63. The van der Waals surface area contributed by atoms with Gasteiger partial charge in [0.1, 0.15) is 17.7 Å². The number of aliphatic carboxylic acids is 2. The van der Waals surface area contributed by atoms with E-state index in [1.54, 1.807) is 17.2 Å². The van der Waals surface area contributed by atoms with E-state index in [2.05, 4.69) is 25.0 Å². The lowest BCUT2D eigenvalue weighted by atomic mass is 9.83. The van der Waals surface area contributed by atoms with Crippen LogP contribution < -0.4 is 11.1 Å². The maximum absolute atomic E-state index is 15.1. The molecule has 0 saturated carbocycles. The summed E-state index contributed by atoms with van der Waals surface area (Å²) in [5, 5.41) is 19.1. The first-order valence-electron chi connectivity index (χ1n) is 17.7. The molecular weight excluding hydrogens is 780 g/mol. The molecule has 0 saturated heterocycles. The number of benzene rings is 2. The van der Waals surface area contributed by atoms with Crippen LogP contribution in [0, 0.1) is 17.0 Å². The monoisotopic (exact) mass is 830 g/mol. The van der Waals surface area contributed by atoms with Gasteiger partial charge < -0.3 is 35.5 Å². The fourth-order valence-electron chi connectivity index (χ4n) is 5.38. The van der Waals surface area contributed by atoms with Gasteiger partial charge in [0, 0.05) is 56.5 Å². The zero-order valence-electron chi connectivity index (χ0n) is 32.3. The minimum atomic E-state index is -5.08. The number of nitrogens with one attached hydrogen (secondary N) is 1. The predicted molar refractivity (Wildman–Crippen MR) is 208 cm³/mol. The number of hydrogen-bond donors (Lipinski definition) is 4. The molecule has 2 atom stereocenters. The molecule has 0 aliphatic heterocycles. The molecule has 3 rings (SSSR count). The molecule has 0 bridgehead atoms. The summed E-state index contributed by atoms with van der Waals surface area (Å²) in [6.07, 6.45) is -3.41. The fourth-order valence-corrected chi connectivity index (χ4v) is 6.95. The minimum absolute atomic E-state index is 0.0233. The van der Waals surface area contributed by atoms with Crippen LogP contribution >= 0.6 is 11.8 Å². The van der Waals surface area contributed by atoms with Gasteiger partial charge in [0.25, 0.3) is 0 Å². The summed E-state index contributed by atoms with van der Waals surface area (Å²) < 4.78 is 68.5. The van der Waals surface area contributed by atoms with Crippen LogP contribution in [0.1, 0.15) is 44.5 Å². The van der Waals surface area contributed by atoms with Gasteiger partial charge in [0.15, 0.2) is 0 Å². The average Bonchev–Trinajstić information content (AvgIpc) is 3.48. The number of alkyl carbamates (subject to hydrolysis) is 1. The maximum atomic E-state index is 15.1. The first-order chi connectivity index (χ1) is 25.9. The summed E-state index contributed by atoms with van der Waals surface area (Å²) in [6.45, 7) is 13.9. The number of amides is 2. The Morgan fingerprint density at radius 1 is 1.00 bits per heavy atom. The molecule has 0 radical (unpaired) electrons. The summed E-state index contributed by atoms with van der Waals surface area (Å²) in [6, 6.07) is 14.0. The number of carboxylic acids is 2. The molecule has 11 nitrogen and oxygen atoms in total. The molecular formula is C38H51F5N4O7SSi. The van der Waals surface area contributed by atoms with Gasteiger partial charge in [-0.2, -0.15) is 13.2 Å². The summed E-state index contributed by atoms with van der Waals surface area (Å²) in [5.74, 6) is -5.26. The number of nitrogens with two attached hydrogens (primary N) is 1. The van der Waals surface area contributed by atoms with Gasteiger partial charge in [-0.3, -0.25) is 9.59 Å². The van der Waals surface area contributed by atoms with Crippen molar-refractivity contribution in [2.24, 2.45) is 11.1 Å². The minimum Gasteiger partial charge on any atom is -0.480 e. The average molecular weight is 831 g/mol. The molecule has 56 heavy (non-hydrogen) atoms. The molecule has 5 N–H and O–H groups in total. The third-order valence-electron chi connectivity index (χ3n) is 8.11. The van der Waals surface area contributed by atoms with Crippen LogP contribution in [0.4, 0.5) is 26.7 Å². The van der Waals surface area contributed by atoms with E-state index in [0.29, 0.717) is 30.8 Å². The molecule has 1 aromatic heterocycles. The Hall–Kier alpha value is -4.42. The van der Waals surface area contributed by atoms with E-state index < -0.39 is 61.4 Å². The van der Waals surface area contributed by atoms with E-state index >= 15 is 4.39 Å². The van der Waals surface area contributed by atoms with Crippen LogP contribution in [0.2, 0.25) is 25.7 Å². The van der Waals surface area contributed by atoms with Crippen LogP contribution in [-0.4, -0.2) is 95.1 Å². The molecule has 2 amide bonds. The zero-order valence-corrected chi connectivity index (χ0v) is 34.1. The lowest BCUT2D eigenvalue weighted by molar-refractivity contribution is -0.192. The number of rotatable bonds is 17. The summed E-state index contributed by atoms with van der Waals surface area (Å²) >= 11 is 1.14. The first kappa shape index (κ1) is 47.7. The number of halogens is 5. The molecule has 2 unspecified atom stereocenters. The number of carbonyl (C=O) groups is 4. The fraction of sp³-hybridized carbons (Fsp3) is 0.474. The van der Waals surface area contributed by atoms with Crippen molar-refractivity contribution >= 4 is 43.8 Å². The zero-order chi connectivity index (χ0) is 42.4. The van der Waals surface area contributed by atoms with Crippen molar-refractivity contribution in [1.82, 2.24) is 14.8 Å². The van der Waals surface area contributed by atoms with E-state index in [0.717, 1.165) is 41.6 Å². The van der Waals surface area contributed by atoms with Crippen LogP contribution in [0.3, 0.4) is 0 Å². The summed E-state index contributed by atoms with van der Waals surface area (Å²) in [5.41, 5.74) is 7.42.